The lowest BCUT2D eigenvalue weighted by atomic mass is 10.1. The second-order valence-corrected chi connectivity index (χ2v) is 4.37. The summed E-state index contributed by atoms with van der Waals surface area (Å²) in [6.07, 6.45) is 3.58. The molecule has 0 amide bonds. The summed E-state index contributed by atoms with van der Waals surface area (Å²) in [6.45, 7) is 0. The van der Waals surface area contributed by atoms with Gasteiger partial charge in [0.05, 0.1) is 19.3 Å². The molecule has 1 unspecified atom stereocenters. The van der Waals surface area contributed by atoms with E-state index in [1.807, 2.05) is 19.3 Å². The molecule has 16 heavy (non-hydrogen) atoms. The first-order chi connectivity index (χ1) is 7.85. The van der Waals surface area contributed by atoms with Crippen molar-refractivity contribution in [2.75, 3.05) is 14.2 Å². The summed E-state index contributed by atoms with van der Waals surface area (Å²) >= 11 is 1.73. The topological polar surface area (TPSA) is 34.2 Å². The van der Waals surface area contributed by atoms with Gasteiger partial charge in [0, 0.05) is 11.1 Å². The molecule has 0 aliphatic heterocycles. The lowest BCUT2D eigenvalue weighted by Crippen LogP contribution is -2.16. The van der Waals surface area contributed by atoms with Gasteiger partial charge >= 0.3 is 0 Å². The second kappa shape index (κ2) is 5.09. The van der Waals surface area contributed by atoms with Crippen molar-refractivity contribution in [3.05, 3.63) is 46.4 Å². The zero-order chi connectivity index (χ0) is 11.4. The molecule has 0 spiro atoms. The highest BCUT2D eigenvalue weighted by molar-refractivity contribution is 7.10. The molecule has 0 aliphatic rings. The summed E-state index contributed by atoms with van der Waals surface area (Å²) in [5.41, 5.74) is 1.12. The van der Waals surface area contributed by atoms with Crippen molar-refractivity contribution >= 4 is 11.3 Å². The lowest BCUT2D eigenvalue weighted by Gasteiger charge is -2.15. The highest BCUT2D eigenvalue weighted by Crippen LogP contribution is 2.26. The van der Waals surface area contributed by atoms with E-state index >= 15 is 0 Å². The third-order valence-electron chi connectivity index (χ3n) is 2.42. The number of hydrogen-bond donors (Lipinski definition) is 1. The largest absolute Gasteiger partial charge is 0.495 e. The van der Waals surface area contributed by atoms with Crippen molar-refractivity contribution in [3.8, 4) is 5.75 Å². The Balaban J connectivity index is 2.33. The molecule has 4 heteroatoms. The lowest BCUT2D eigenvalue weighted by molar-refractivity contribution is 0.411. The Bertz CT molecular complexity index is 442. The average Bonchev–Trinajstić information content (AvgIpc) is 2.84. The normalized spacial score (nSPS) is 12.4. The minimum Gasteiger partial charge on any atom is -0.495 e. The van der Waals surface area contributed by atoms with Gasteiger partial charge in [0.1, 0.15) is 5.75 Å². The maximum Gasteiger partial charge on any atom is 0.137 e. The van der Waals surface area contributed by atoms with Gasteiger partial charge in [0.15, 0.2) is 0 Å². The van der Waals surface area contributed by atoms with Gasteiger partial charge < -0.3 is 10.1 Å². The monoisotopic (exact) mass is 234 g/mol. The Morgan fingerprint density at radius 2 is 2.31 bits per heavy atom. The highest BCUT2D eigenvalue weighted by Gasteiger charge is 2.13. The van der Waals surface area contributed by atoms with E-state index < -0.39 is 0 Å². The van der Waals surface area contributed by atoms with Crippen LogP contribution in [0.5, 0.6) is 5.75 Å². The summed E-state index contributed by atoms with van der Waals surface area (Å²) < 4.78 is 5.18. The maximum absolute atomic E-state index is 5.18. The van der Waals surface area contributed by atoms with Crippen molar-refractivity contribution in [3.63, 3.8) is 0 Å². The van der Waals surface area contributed by atoms with Gasteiger partial charge in [-0.3, -0.25) is 4.98 Å². The predicted octanol–water partition coefficient (Wildman–Crippen LogP) is 2.46. The fraction of sp³-hybridized carbons (Fsp3) is 0.250. The van der Waals surface area contributed by atoms with E-state index in [2.05, 4.69) is 27.8 Å². The van der Waals surface area contributed by atoms with Gasteiger partial charge in [-0.15, -0.1) is 11.3 Å². The van der Waals surface area contributed by atoms with E-state index in [1.165, 1.54) is 4.88 Å². The van der Waals surface area contributed by atoms with Crippen molar-refractivity contribution in [1.82, 2.24) is 10.3 Å². The molecule has 1 atom stereocenters. The minimum absolute atomic E-state index is 0.183. The van der Waals surface area contributed by atoms with Crippen LogP contribution in [-0.2, 0) is 0 Å². The summed E-state index contributed by atoms with van der Waals surface area (Å²) in [5.74, 6) is 0.786. The van der Waals surface area contributed by atoms with E-state index in [0.717, 1.165) is 11.3 Å². The first-order valence-corrected chi connectivity index (χ1v) is 5.92. The number of thiophene rings is 1. The molecule has 0 radical (unpaired) electrons. The van der Waals surface area contributed by atoms with Crippen LogP contribution in [0.3, 0.4) is 0 Å². The van der Waals surface area contributed by atoms with Crippen LogP contribution < -0.4 is 10.1 Å². The van der Waals surface area contributed by atoms with Crippen LogP contribution in [0.15, 0.2) is 36.0 Å². The fourth-order valence-corrected chi connectivity index (χ4v) is 2.50. The molecule has 1 N–H and O–H groups in total. The zero-order valence-electron chi connectivity index (χ0n) is 9.31. The van der Waals surface area contributed by atoms with Crippen molar-refractivity contribution in [1.29, 1.82) is 0 Å². The van der Waals surface area contributed by atoms with Gasteiger partial charge in [-0.1, -0.05) is 6.07 Å². The third kappa shape index (κ3) is 2.23. The van der Waals surface area contributed by atoms with Gasteiger partial charge in [0.25, 0.3) is 0 Å². The van der Waals surface area contributed by atoms with Crippen LogP contribution in [0.1, 0.15) is 16.5 Å². The highest BCUT2D eigenvalue weighted by atomic mass is 32.1. The molecule has 2 rings (SSSR count). The Kier molecular flexibility index (Phi) is 3.54. The van der Waals surface area contributed by atoms with Crippen LogP contribution >= 0.6 is 11.3 Å². The Hall–Kier alpha value is -1.39. The molecule has 0 fully saturated rings. The van der Waals surface area contributed by atoms with Gasteiger partial charge in [-0.25, -0.2) is 0 Å². The minimum atomic E-state index is 0.183. The number of nitrogens with zero attached hydrogens (tertiary/aromatic N) is 1. The van der Waals surface area contributed by atoms with Crippen LogP contribution in [0.4, 0.5) is 0 Å². The Morgan fingerprint density at radius 1 is 1.44 bits per heavy atom. The van der Waals surface area contributed by atoms with E-state index in [0.29, 0.717) is 0 Å². The number of methoxy groups -OCH3 is 1. The Morgan fingerprint density at radius 3 is 2.94 bits per heavy atom. The zero-order valence-corrected chi connectivity index (χ0v) is 10.1. The molecule has 0 saturated heterocycles. The van der Waals surface area contributed by atoms with Crippen LogP contribution in [0, 0.1) is 0 Å². The number of hydrogen-bond acceptors (Lipinski definition) is 4. The predicted molar refractivity (Wildman–Crippen MR) is 66.0 cm³/mol. The molecule has 0 saturated carbocycles. The first-order valence-electron chi connectivity index (χ1n) is 5.04. The molecule has 3 nitrogen and oxygen atoms in total. The molecule has 2 aromatic rings. The molecule has 2 aromatic heterocycles. The molecule has 84 valence electrons. The van der Waals surface area contributed by atoms with Gasteiger partial charge in [-0.05, 0) is 30.1 Å². The second-order valence-electron chi connectivity index (χ2n) is 3.40. The molecule has 0 aromatic carbocycles. The Labute approximate surface area is 99.1 Å². The molecular weight excluding hydrogens is 220 g/mol. The van der Waals surface area contributed by atoms with E-state index in [9.17, 15) is 0 Å². The van der Waals surface area contributed by atoms with Crippen molar-refractivity contribution in [2.24, 2.45) is 0 Å². The summed E-state index contributed by atoms with van der Waals surface area (Å²) in [4.78, 5) is 5.45. The molecular formula is C12H14N2OS. The fourth-order valence-electron chi connectivity index (χ4n) is 1.63. The first kappa shape index (κ1) is 11.1. The number of aromatic nitrogens is 1. The number of rotatable bonds is 4. The molecule has 2 heterocycles. The van der Waals surface area contributed by atoms with E-state index in [4.69, 9.17) is 4.74 Å². The van der Waals surface area contributed by atoms with Crippen LogP contribution in [0.25, 0.3) is 0 Å². The summed E-state index contributed by atoms with van der Waals surface area (Å²) in [6, 6.07) is 6.36. The molecule has 0 bridgehead atoms. The number of ether oxygens (including phenoxy) is 1. The van der Waals surface area contributed by atoms with Crippen molar-refractivity contribution in [2.45, 2.75) is 6.04 Å². The van der Waals surface area contributed by atoms with Gasteiger partial charge in [-0.2, -0.15) is 0 Å². The van der Waals surface area contributed by atoms with Crippen LogP contribution in [-0.4, -0.2) is 19.1 Å². The quantitative estimate of drug-likeness (QED) is 0.882. The standard InChI is InChI=1S/C12H14N2OS/c1-13-12(11-4-3-5-16-11)9-6-10(15-2)8-14-7-9/h3-8,12-13H,1-2H3. The number of pyridine rings is 1. The van der Waals surface area contributed by atoms with Crippen molar-refractivity contribution < 1.29 is 4.74 Å². The third-order valence-corrected chi connectivity index (χ3v) is 3.36. The van der Waals surface area contributed by atoms with E-state index in [1.54, 1.807) is 24.6 Å². The smallest absolute Gasteiger partial charge is 0.137 e. The van der Waals surface area contributed by atoms with E-state index in [-0.39, 0.29) is 6.04 Å². The van der Waals surface area contributed by atoms with Crippen LogP contribution in [0.2, 0.25) is 0 Å². The maximum atomic E-state index is 5.18. The average molecular weight is 234 g/mol. The molecule has 0 aliphatic carbocycles. The number of nitrogens with one attached hydrogen (secondary N) is 1. The van der Waals surface area contributed by atoms with Gasteiger partial charge in [0.2, 0.25) is 0 Å². The summed E-state index contributed by atoms with van der Waals surface area (Å²) in [7, 11) is 3.60. The SMILES string of the molecule is CNC(c1cncc(OC)c1)c1cccs1. The summed E-state index contributed by atoms with van der Waals surface area (Å²) in [5, 5.41) is 5.36.